The second-order valence-corrected chi connectivity index (χ2v) is 9.78. The lowest BCUT2D eigenvalue weighted by molar-refractivity contribution is 0.314. The zero-order chi connectivity index (χ0) is 24.8. The number of anilines is 1. The molecule has 0 N–H and O–H groups in total. The van der Waals surface area contributed by atoms with Crippen LogP contribution in [-0.2, 0) is 10.0 Å². The van der Waals surface area contributed by atoms with Crippen molar-refractivity contribution >= 4 is 15.8 Å². The van der Waals surface area contributed by atoms with E-state index < -0.39 is 10.0 Å². The summed E-state index contributed by atoms with van der Waals surface area (Å²) >= 11 is 0. The van der Waals surface area contributed by atoms with Crippen LogP contribution in [0.4, 0.5) is 5.82 Å². The molecule has 2 aromatic carbocycles. The third-order valence-electron chi connectivity index (χ3n) is 5.72. The molecule has 0 unspecified atom stereocenters. The van der Waals surface area contributed by atoms with Gasteiger partial charge in [0.2, 0.25) is 10.0 Å². The first-order valence-corrected chi connectivity index (χ1v) is 13.0. The molecule has 3 aromatic rings. The van der Waals surface area contributed by atoms with Crippen LogP contribution >= 0.6 is 0 Å². The van der Waals surface area contributed by atoms with Crippen molar-refractivity contribution in [2.45, 2.75) is 18.7 Å². The molecule has 2 heterocycles. The second kappa shape index (κ2) is 10.9. The van der Waals surface area contributed by atoms with Crippen molar-refractivity contribution in [2.75, 3.05) is 51.4 Å². The van der Waals surface area contributed by atoms with Crippen LogP contribution in [0.25, 0.3) is 11.3 Å². The standard InChI is InChI=1S/C25H30N4O5S/c1-4-33-21-9-11-24(23(18-21)34-5-2)35(30,31)29-15-13-28(14-16-29)25-12-10-22(26-27-25)19-7-6-8-20(17-19)32-3/h6-12,17-18H,4-5,13-16H2,1-3H3. The summed E-state index contributed by atoms with van der Waals surface area (Å²) in [6.45, 7) is 6.23. The van der Waals surface area contributed by atoms with Gasteiger partial charge < -0.3 is 19.1 Å². The smallest absolute Gasteiger partial charge is 0.246 e. The SMILES string of the molecule is CCOc1ccc(S(=O)(=O)N2CCN(c3ccc(-c4cccc(OC)c4)nn3)CC2)c(OCC)c1. The van der Waals surface area contributed by atoms with Crippen molar-refractivity contribution in [2.24, 2.45) is 0 Å². The molecule has 10 heteroatoms. The number of sulfonamides is 1. The van der Waals surface area contributed by atoms with Gasteiger partial charge in [0.15, 0.2) is 5.82 Å². The number of rotatable bonds is 9. The first-order chi connectivity index (χ1) is 17.0. The van der Waals surface area contributed by atoms with Crippen LogP contribution in [0.2, 0.25) is 0 Å². The lowest BCUT2D eigenvalue weighted by atomic mass is 10.1. The van der Waals surface area contributed by atoms with Gasteiger partial charge in [-0.1, -0.05) is 12.1 Å². The molecule has 35 heavy (non-hydrogen) atoms. The Labute approximate surface area is 206 Å². The third-order valence-corrected chi connectivity index (χ3v) is 7.66. The molecule has 0 spiro atoms. The maximum absolute atomic E-state index is 13.4. The van der Waals surface area contributed by atoms with Crippen LogP contribution < -0.4 is 19.1 Å². The number of hydrogen-bond donors (Lipinski definition) is 0. The van der Waals surface area contributed by atoms with Crippen molar-refractivity contribution in [3.05, 3.63) is 54.6 Å². The number of methoxy groups -OCH3 is 1. The van der Waals surface area contributed by atoms with Crippen LogP contribution in [0.5, 0.6) is 17.2 Å². The molecule has 186 valence electrons. The Kier molecular flexibility index (Phi) is 7.72. The first-order valence-electron chi connectivity index (χ1n) is 11.6. The van der Waals surface area contributed by atoms with Crippen molar-refractivity contribution in [3.8, 4) is 28.5 Å². The van der Waals surface area contributed by atoms with E-state index in [2.05, 4.69) is 10.2 Å². The normalized spacial score (nSPS) is 14.5. The Hall–Kier alpha value is -3.37. The summed E-state index contributed by atoms with van der Waals surface area (Å²) in [5.41, 5.74) is 1.66. The predicted octanol–water partition coefficient (Wildman–Crippen LogP) is 3.46. The highest BCUT2D eigenvalue weighted by molar-refractivity contribution is 7.89. The molecule has 9 nitrogen and oxygen atoms in total. The molecule has 0 radical (unpaired) electrons. The van der Waals surface area contributed by atoms with Crippen molar-refractivity contribution in [3.63, 3.8) is 0 Å². The van der Waals surface area contributed by atoms with E-state index in [4.69, 9.17) is 14.2 Å². The van der Waals surface area contributed by atoms with Crippen molar-refractivity contribution in [1.82, 2.24) is 14.5 Å². The van der Waals surface area contributed by atoms with E-state index in [1.54, 1.807) is 25.3 Å². The van der Waals surface area contributed by atoms with E-state index in [9.17, 15) is 8.42 Å². The molecule has 4 rings (SSSR count). The zero-order valence-corrected chi connectivity index (χ0v) is 21.0. The maximum Gasteiger partial charge on any atom is 0.246 e. The first kappa shape index (κ1) is 24.7. The molecule has 0 aliphatic carbocycles. The largest absolute Gasteiger partial charge is 0.497 e. The molecule has 1 aliphatic heterocycles. The lowest BCUT2D eigenvalue weighted by Gasteiger charge is -2.34. The number of aromatic nitrogens is 2. The molecule has 1 aliphatic rings. The highest BCUT2D eigenvalue weighted by atomic mass is 32.2. The Balaban J connectivity index is 1.45. The number of nitrogens with zero attached hydrogens (tertiary/aromatic N) is 4. The van der Waals surface area contributed by atoms with Crippen molar-refractivity contribution < 1.29 is 22.6 Å². The van der Waals surface area contributed by atoms with Gasteiger partial charge in [0, 0.05) is 37.8 Å². The number of hydrogen-bond acceptors (Lipinski definition) is 8. The summed E-state index contributed by atoms with van der Waals surface area (Å²) in [4.78, 5) is 2.19. The summed E-state index contributed by atoms with van der Waals surface area (Å²) in [5.74, 6) is 2.35. The van der Waals surface area contributed by atoms with E-state index in [0.29, 0.717) is 56.7 Å². The minimum atomic E-state index is -3.72. The Morgan fingerprint density at radius 3 is 2.29 bits per heavy atom. The van der Waals surface area contributed by atoms with Crippen LogP contribution in [0.1, 0.15) is 13.8 Å². The summed E-state index contributed by atoms with van der Waals surface area (Å²) in [5, 5.41) is 8.74. The minimum absolute atomic E-state index is 0.152. The highest BCUT2D eigenvalue weighted by Crippen LogP contribution is 2.32. The molecule has 1 aromatic heterocycles. The lowest BCUT2D eigenvalue weighted by Crippen LogP contribution is -2.49. The van der Waals surface area contributed by atoms with Crippen molar-refractivity contribution in [1.29, 1.82) is 0 Å². The van der Waals surface area contributed by atoms with E-state index in [1.807, 2.05) is 55.1 Å². The van der Waals surface area contributed by atoms with Gasteiger partial charge in [-0.25, -0.2) is 8.42 Å². The molecule has 0 saturated carbocycles. The average Bonchev–Trinajstić information content (AvgIpc) is 2.89. The van der Waals surface area contributed by atoms with E-state index in [0.717, 1.165) is 17.0 Å². The molecule has 0 amide bonds. The van der Waals surface area contributed by atoms with Gasteiger partial charge in [0.05, 0.1) is 26.0 Å². The fraction of sp³-hybridized carbons (Fsp3) is 0.360. The highest BCUT2D eigenvalue weighted by Gasteiger charge is 2.31. The monoisotopic (exact) mass is 498 g/mol. The molecule has 1 saturated heterocycles. The van der Waals surface area contributed by atoms with Gasteiger partial charge in [-0.05, 0) is 50.2 Å². The number of piperazine rings is 1. The molecular weight excluding hydrogens is 468 g/mol. The van der Waals surface area contributed by atoms with E-state index in [1.165, 1.54) is 4.31 Å². The summed E-state index contributed by atoms with van der Waals surface area (Å²) in [7, 11) is -2.10. The van der Waals surface area contributed by atoms with Gasteiger partial charge in [-0.15, -0.1) is 10.2 Å². The quantitative estimate of drug-likeness (QED) is 0.443. The summed E-state index contributed by atoms with van der Waals surface area (Å²) in [6.07, 6.45) is 0. The van der Waals surface area contributed by atoms with Gasteiger partial charge in [0.25, 0.3) is 0 Å². The molecule has 0 atom stereocenters. The molecule has 1 fully saturated rings. The minimum Gasteiger partial charge on any atom is -0.497 e. The number of benzene rings is 2. The van der Waals surface area contributed by atoms with Gasteiger partial charge >= 0.3 is 0 Å². The Bertz CT molecular complexity index is 1240. The fourth-order valence-electron chi connectivity index (χ4n) is 3.95. The molecule has 0 bridgehead atoms. The van der Waals surface area contributed by atoms with Gasteiger partial charge in [-0.3, -0.25) is 0 Å². The third kappa shape index (κ3) is 5.49. The van der Waals surface area contributed by atoms with Crippen LogP contribution in [0.3, 0.4) is 0 Å². The zero-order valence-electron chi connectivity index (χ0n) is 20.2. The van der Waals surface area contributed by atoms with E-state index >= 15 is 0 Å². The molecular formula is C25H30N4O5S. The maximum atomic E-state index is 13.4. The van der Waals surface area contributed by atoms with Gasteiger partial charge in [0.1, 0.15) is 22.1 Å². The number of ether oxygens (including phenoxy) is 3. The Morgan fingerprint density at radius 2 is 1.63 bits per heavy atom. The van der Waals surface area contributed by atoms with Crippen LogP contribution in [0.15, 0.2) is 59.5 Å². The summed E-state index contributed by atoms with van der Waals surface area (Å²) < 4.78 is 44.7. The van der Waals surface area contributed by atoms with Gasteiger partial charge in [-0.2, -0.15) is 4.31 Å². The average molecular weight is 499 g/mol. The summed E-state index contributed by atoms with van der Waals surface area (Å²) in [6, 6.07) is 16.3. The Morgan fingerprint density at radius 1 is 0.857 bits per heavy atom. The second-order valence-electron chi connectivity index (χ2n) is 7.87. The van der Waals surface area contributed by atoms with Crippen LogP contribution in [-0.4, -0.2) is 69.4 Å². The fourth-order valence-corrected chi connectivity index (χ4v) is 5.49. The topological polar surface area (TPSA) is 94.1 Å². The van der Waals surface area contributed by atoms with E-state index in [-0.39, 0.29) is 4.90 Å². The predicted molar refractivity (Wildman–Crippen MR) is 134 cm³/mol. The van der Waals surface area contributed by atoms with Crippen LogP contribution in [0, 0.1) is 0 Å².